The molecule has 0 radical (unpaired) electrons. The summed E-state index contributed by atoms with van der Waals surface area (Å²) >= 11 is 1.81. The number of carbonyl (C=O) groups is 2. The van der Waals surface area contributed by atoms with Gasteiger partial charge in [-0.25, -0.2) is 4.90 Å². The Morgan fingerprint density at radius 1 is 0.481 bits per heavy atom. The third kappa shape index (κ3) is 3.76. The smallest absolute Gasteiger partial charge is 0.266 e. The van der Waals surface area contributed by atoms with E-state index in [9.17, 15) is 14.9 Å². The molecule has 4 heterocycles. The van der Waals surface area contributed by atoms with E-state index in [0.29, 0.717) is 16.8 Å². The molecule has 7 heteroatoms. The number of carbonyl (C=O) groups excluding carboxylic acids is 2. The second-order valence-electron chi connectivity index (χ2n) is 13.1. The molecule has 3 aromatic heterocycles. The SMILES string of the molecule is N#Cc1cccc(-n2c3ccccc3c3cc4c(cc32)c2ccccc2n4-c2ccc3sc4ccccc4c3c2)c1N1C(=O)c2ccccc2C1=O. The van der Waals surface area contributed by atoms with Gasteiger partial charge in [0.2, 0.25) is 0 Å². The van der Waals surface area contributed by atoms with Crippen LogP contribution in [0.5, 0.6) is 0 Å². The largest absolute Gasteiger partial charge is 0.309 e. The Kier molecular flexibility index (Phi) is 5.81. The second kappa shape index (κ2) is 10.5. The molecule has 10 aromatic rings. The van der Waals surface area contributed by atoms with Crippen molar-refractivity contribution in [2.75, 3.05) is 4.90 Å². The van der Waals surface area contributed by atoms with E-state index < -0.39 is 11.8 Å². The molecule has 11 rings (SSSR count). The van der Waals surface area contributed by atoms with Gasteiger partial charge in [-0.2, -0.15) is 5.26 Å². The minimum absolute atomic E-state index is 0.243. The molecule has 52 heavy (non-hydrogen) atoms. The summed E-state index contributed by atoms with van der Waals surface area (Å²) in [5.41, 5.74) is 6.82. The molecular formula is C45H24N4O2S. The summed E-state index contributed by atoms with van der Waals surface area (Å²) < 4.78 is 6.97. The number of aromatic nitrogens is 2. The van der Waals surface area contributed by atoms with Crippen molar-refractivity contribution < 1.29 is 9.59 Å². The number of amides is 2. The van der Waals surface area contributed by atoms with E-state index in [4.69, 9.17) is 0 Å². The number of anilines is 1. The van der Waals surface area contributed by atoms with Crippen LogP contribution in [-0.2, 0) is 0 Å². The molecule has 0 fully saturated rings. The van der Waals surface area contributed by atoms with Crippen LogP contribution in [0.1, 0.15) is 26.3 Å². The molecule has 6 nitrogen and oxygen atoms in total. The van der Waals surface area contributed by atoms with E-state index in [0.717, 1.165) is 49.3 Å². The van der Waals surface area contributed by atoms with Crippen LogP contribution in [0.4, 0.5) is 5.69 Å². The highest BCUT2D eigenvalue weighted by Gasteiger charge is 2.39. The van der Waals surface area contributed by atoms with Crippen LogP contribution in [0.15, 0.2) is 146 Å². The second-order valence-corrected chi connectivity index (χ2v) is 14.2. The lowest BCUT2D eigenvalue weighted by atomic mass is 10.1. The zero-order valence-electron chi connectivity index (χ0n) is 27.4. The maximum absolute atomic E-state index is 13.9. The maximum atomic E-state index is 13.9. The predicted molar refractivity (Wildman–Crippen MR) is 210 cm³/mol. The summed E-state index contributed by atoms with van der Waals surface area (Å²) in [6.45, 7) is 0. The number of imide groups is 1. The number of nitrogens with zero attached hydrogens (tertiary/aromatic N) is 4. The van der Waals surface area contributed by atoms with Crippen LogP contribution in [0.25, 0.3) is 75.2 Å². The summed E-state index contributed by atoms with van der Waals surface area (Å²) in [5, 5.41) is 17.1. The lowest BCUT2D eigenvalue weighted by Gasteiger charge is -2.21. The zero-order chi connectivity index (χ0) is 34.7. The van der Waals surface area contributed by atoms with E-state index in [-0.39, 0.29) is 11.3 Å². The highest BCUT2D eigenvalue weighted by molar-refractivity contribution is 7.25. The average Bonchev–Trinajstić information content (AvgIpc) is 3.90. The highest BCUT2D eigenvalue weighted by Crippen LogP contribution is 2.44. The molecule has 0 aliphatic carbocycles. The van der Waals surface area contributed by atoms with Gasteiger partial charge in [0.15, 0.2) is 0 Å². The lowest BCUT2D eigenvalue weighted by molar-refractivity contribution is 0.0926. The number of hydrogen-bond acceptors (Lipinski definition) is 4. The first-order chi connectivity index (χ1) is 25.6. The number of rotatable bonds is 3. The van der Waals surface area contributed by atoms with Crippen LogP contribution in [0, 0.1) is 11.3 Å². The Morgan fingerprint density at radius 3 is 1.75 bits per heavy atom. The Morgan fingerprint density at radius 2 is 1.06 bits per heavy atom. The number of thiophene rings is 1. The lowest BCUT2D eigenvalue weighted by Crippen LogP contribution is -2.31. The van der Waals surface area contributed by atoms with Gasteiger partial charge >= 0.3 is 0 Å². The van der Waals surface area contributed by atoms with Crippen molar-refractivity contribution in [3.8, 4) is 17.4 Å². The molecule has 7 aromatic carbocycles. The zero-order valence-corrected chi connectivity index (χ0v) is 28.2. The van der Waals surface area contributed by atoms with Crippen molar-refractivity contribution >= 4 is 92.6 Å². The summed E-state index contributed by atoms with van der Waals surface area (Å²) in [4.78, 5) is 29.0. The fourth-order valence-electron chi connectivity index (χ4n) is 8.25. The third-order valence-corrected chi connectivity index (χ3v) is 11.6. The summed E-state index contributed by atoms with van der Waals surface area (Å²) in [6.07, 6.45) is 0. The molecule has 0 bridgehead atoms. The molecule has 0 saturated carbocycles. The van der Waals surface area contributed by atoms with Crippen molar-refractivity contribution in [2.24, 2.45) is 0 Å². The van der Waals surface area contributed by atoms with Crippen LogP contribution >= 0.6 is 11.3 Å². The Bertz CT molecular complexity index is 3230. The van der Waals surface area contributed by atoms with E-state index in [1.165, 1.54) is 25.1 Å². The predicted octanol–water partition coefficient (Wildman–Crippen LogP) is 10.9. The molecule has 242 valence electrons. The fourth-order valence-corrected chi connectivity index (χ4v) is 9.34. The average molecular weight is 685 g/mol. The number of para-hydroxylation sites is 3. The molecular weight excluding hydrogens is 661 g/mol. The van der Waals surface area contributed by atoms with Crippen molar-refractivity contribution in [3.05, 3.63) is 162 Å². The van der Waals surface area contributed by atoms with Crippen molar-refractivity contribution in [1.82, 2.24) is 9.13 Å². The Balaban J connectivity index is 1.22. The van der Waals surface area contributed by atoms with Crippen LogP contribution < -0.4 is 4.90 Å². The standard InChI is InChI=1S/C45H24N4O2S/c46-25-26-10-9-18-38(43(26)49-44(50)31-14-1-2-15-32(31)45(49)51)48-37-17-7-4-12-29(37)34-23-39-33(24-40(34)48)28-11-3-6-16-36(28)47(39)27-20-21-42-35(22-27)30-13-5-8-19-41(30)52-42/h1-24H. The first kappa shape index (κ1) is 28.8. The number of benzene rings is 7. The molecule has 0 atom stereocenters. The molecule has 2 amide bonds. The molecule has 1 aliphatic heterocycles. The molecule has 0 unspecified atom stereocenters. The summed E-state index contributed by atoms with van der Waals surface area (Å²) in [6, 6.07) is 50.9. The normalized spacial score (nSPS) is 13.0. The van der Waals surface area contributed by atoms with Crippen LogP contribution in [0.2, 0.25) is 0 Å². The molecule has 0 spiro atoms. The monoisotopic (exact) mass is 684 g/mol. The third-order valence-electron chi connectivity index (χ3n) is 10.5. The van der Waals surface area contributed by atoms with E-state index in [2.05, 4.69) is 100 Å². The van der Waals surface area contributed by atoms with Crippen molar-refractivity contribution in [2.45, 2.75) is 0 Å². The van der Waals surface area contributed by atoms with Gasteiger partial charge in [-0.05, 0) is 72.8 Å². The van der Waals surface area contributed by atoms with Gasteiger partial charge in [-0.1, -0.05) is 72.8 Å². The van der Waals surface area contributed by atoms with E-state index >= 15 is 0 Å². The maximum Gasteiger partial charge on any atom is 0.266 e. The minimum atomic E-state index is -0.439. The number of hydrogen-bond donors (Lipinski definition) is 0. The van der Waals surface area contributed by atoms with Gasteiger partial charge in [0.25, 0.3) is 11.8 Å². The Labute approximate surface area is 300 Å². The fraction of sp³-hybridized carbons (Fsp3) is 0. The van der Waals surface area contributed by atoms with Gasteiger partial charge in [0.1, 0.15) is 6.07 Å². The van der Waals surface area contributed by atoms with Crippen LogP contribution in [0.3, 0.4) is 0 Å². The topological polar surface area (TPSA) is 71.0 Å². The van der Waals surface area contributed by atoms with E-state index in [1.807, 2.05) is 41.7 Å². The van der Waals surface area contributed by atoms with Gasteiger partial charge in [-0.15, -0.1) is 11.3 Å². The van der Waals surface area contributed by atoms with Crippen molar-refractivity contribution in [3.63, 3.8) is 0 Å². The molecule has 0 saturated heterocycles. The van der Waals surface area contributed by atoms with Gasteiger partial charge < -0.3 is 9.13 Å². The van der Waals surface area contributed by atoms with Crippen molar-refractivity contribution in [1.29, 1.82) is 5.26 Å². The van der Waals surface area contributed by atoms with Gasteiger partial charge in [0, 0.05) is 47.4 Å². The summed E-state index contributed by atoms with van der Waals surface area (Å²) in [5.74, 6) is -0.878. The molecule has 1 aliphatic rings. The van der Waals surface area contributed by atoms with Gasteiger partial charge in [-0.3, -0.25) is 9.59 Å². The quantitative estimate of drug-likeness (QED) is 0.174. The van der Waals surface area contributed by atoms with E-state index in [1.54, 1.807) is 30.3 Å². The highest BCUT2D eigenvalue weighted by atomic mass is 32.1. The first-order valence-corrected chi connectivity index (χ1v) is 17.8. The Hall–Kier alpha value is -7.01. The molecule has 0 N–H and O–H groups in total. The minimum Gasteiger partial charge on any atom is -0.309 e. The summed E-state index contributed by atoms with van der Waals surface area (Å²) in [7, 11) is 0. The first-order valence-electron chi connectivity index (χ1n) is 17.0. The van der Waals surface area contributed by atoms with Gasteiger partial charge in [0.05, 0.1) is 50.1 Å². The number of nitriles is 1. The van der Waals surface area contributed by atoms with Crippen LogP contribution in [-0.4, -0.2) is 20.9 Å². The number of fused-ring (bicyclic) bond motifs is 10.